The molecule has 1 aromatic carbocycles. The van der Waals surface area contributed by atoms with E-state index >= 15 is 0 Å². The van der Waals surface area contributed by atoms with E-state index in [2.05, 4.69) is 50.5 Å². The Morgan fingerprint density at radius 1 is 1.35 bits per heavy atom. The van der Waals surface area contributed by atoms with Gasteiger partial charge in [0, 0.05) is 16.9 Å². The predicted octanol–water partition coefficient (Wildman–Crippen LogP) is 2.39. The number of nitrogens with two attached hydrogens (primary N) is 1. The van der Waals surface area contributed by atoms with Gasteiger partial charge in [-0.05, 0) is 12.5 Å². The molecular formula is C13H20N2OS. The largest absolute Gasteiger partial charge is 0.294 e. The van der Waals surface area contributed by atoms with Crippen LogP contribution < -0.4 is 11.3 Å². The van der Waals surface area contributed by atoms with Gasteiger partial charge in [-0.25, -0.2) is 5.84 Å². The monoisotopic (exact) mass is 252 g/mol. The molecule has 4 heteroatoms. The van der Waals surface area contributed by atoms with E-state index in [4.69, 9.17) is 5.84 Å². The smallest absolute Gasteiger partial charge is 0.235 e. The summed E-state index contributed by atoms with van der Waals surface area (Å²) in [4.78, 5) is 11.2. The van der Waals surface area contributed by atoms with Crippen molar-refractivity contribution in [2.45, 2.75) is 37.7 Å². The zero-order valence-electron chi connectivity index (χ0n) is 10.6. The van der Waals surface area contributed by atoms with Crippen molar-refractivity contribution in [2.24, 2.45) is 5.84 Å². The van der Waals surface area contributed by atoms with Crippen LogP contribution in [-0.2, 0) is 10.5 Å². The number of benzene rings is 1. The summed E-state index contributed by atoms with van der Waals surface area (Å²) in [6, 6.07) is 8.47. The number of carbonyl (C=O) groups is 1. The molecule has 0 aromatic heterocycles. The Kier molecular flexibility index (Phi) is 5.02. The SMILES string of the molecule is Cc1ccc(CSC(C)(C)CC(=O)NN)cc1. The van der Waals surface area contributed by atoms with E-state index in [1.165, 1.54) is 11.1 Å². The molecule has 0 saturated heterocycles. The fraction of sp³-hybridized carbons (Fsp3) is 0.462. The highest BCUT2D eigenvalue weighted by atomic mass is 32.2. The van der Waals surface area contributed by atoms with Gasteiger partial charge >= 0.3 is 0 Å². The molecule has 0 aliphatic heterocycles. The van der Waals surface area contributed by atoms with Crippen LogP contribution in [0.4, 0.5) is 0 Å². The summed E-state index contributed by atoms with van der Waals surface area (Å²) in [5.74, 6) is 5.88. The molecule has 0 unspecified atom stereocenters. The first-order chi connectivity index (χ1) is 7.93. The minimum atomic E-state index is -0.119. The van der Waals surface area contributed by atoms with E-state index in [1.807, 2.05) is 0 Å². The molecule has 1 rings (SSSR count). The molecule has 94 valence electrons. The maximum atomic E-state index is 11.2. The number of hydrogen-bond donors (Lipinski definition) is 2. The zero-order valence-corrected chi connectivity index (χ0v) is 11.4. The van der Waals surface area contributed by atoms with Crippen molar-refractivity contribution in [1.29, 1.82) is 0 Å². The van der Waals surface area contributed by atoms with Gasteiger partial charge in [0.05, 0.1) is 0 Å². The molecular weight excluding hydrogens is 232 g/mol. The summed E-state index contributed by atoms with van der Waals surface area (Å²) in [7, 11) is 0. The van der Waals surface area contributed by atoms with E-state index < -0.39 is 0 Å². The minimum absolute atomic E-state index is 0.103. The first kappa shape index (κ1) is 14.1. The molecule has 3 nitrogen and oxygen atoms in total. The Morgan fingerprint density at radius 2 is 1.94 bits per heavy atom. The molecule has 0 bridgehead atoms. The molecule has 3 N–H and O–H groups in total. The van der Waals surface area contributed by atoms with Crippen LogP contribution >= 0.6 is 11.8 Å². The normalized spacial score (nSPS) is 11.3. The van der Waals surface area contributed by atoms with Gasteiger partial charge in [0.25, 0.3) is 0 Å². The molecule has 0 aliphatic carbocycles. The second-order valence-corrected chi connectivity index (χ2v) is 6.46. The fourth-order valence-electron chi connectivity index (χ4n) is 1.45. The lowest BCUT2D eigenvalue weighted by Gasteiger charge is -2.22. The Morgan fingerprint density at radius 3 is 2.47 bits per heavy atom. The lowest BCUT2D eigenvalue weighted by molar-refractivity contribution is -0.121. The summed E-state index contributed by atoms with van der Waals surface area (Å²) in [5, 5.41) is 0. The van der Waals surface area contributed by atoms with Gasteiger partial charge in [0.2, 0.25) is 5.91 Å². The topological polar surface area (TPSA) is 55.1 Å². The average molecular weight is 252 g/mol. The van der Waals surface area contributed by atoms with Gasteiger partial charge in [-0.2, -0.15) is 11.8 Å². The summed E-state index contributed by atoms with van der Waals surface area (Å²) >= 11 is 1.76. The van der Waals surface area contributed by atoms with Crippen molar-refractivity contribution < 1.29 is 4.79 Å². The summed E-state index contributed by atoms with van der Waals surface area (Å²) in [5.41, 5.74) is 4.72. The number of thioether (sulfide) groups is 1. The Balaban J connectivity index is 2.49. The highest BCUT2D eigenvalue weighted by molar-refractivity contribution is 7.99. The average Bonchev–Trinajstić information content (AvgIpc) is 2.28. The molecule has 17 heavy (non-hydrogen) atoms. The second kappa shape index (κ2) is 6.07. The van der Waals surface area contributed by atoms with Gasteiger partial charge in [-0.3, -0.25) is 10.2 Å². The quantitative estimate of drug-likeness (QED) is 0.480. The van der Waals surface area contributed by atoms with E-state index in [0.717, 1.165) is 5.75 Å². The molecule has 0 fully saturated rings. The van der Waals surface area contributed by atoms with Gasteiger partial charge in [-0.15, -0.1) is 0 Å². The Bertz CT molecular complexity index is 374. The maximum absolute atomic E-state index is 11.2. The number of carbonyl (C=O) groups excluding carboxylic acids is 1. The summed E-state index contributed by atoms with van der Waals surface area (Å²) < 4.78 is -0.103. The third kappa shape index (κ3) is 5.24. The fourth-order valence-corrected chi connectivity index (χ4v) is 2.43. The van der Waals surface area contributed by atoms with Crippen molar-refractivity contribution in [3.8, 4) is 0 Å². The molecule has 0 saturated carbocycles. The third-order valence-electron chi connectivity index (χ3n) is 2.50. The zero-order chi connectivity index (χ0) is 12.9. The summed E-state index contributed by atoms with van der Waals surface area (Å²) in [6.45, 7) is 6.19. The molecule has 0 spiro atoms. The molecule has 0 aliphatic rings. The minimum Gasteiger partial charge on any atom is -0.294 e. The number of amides is 1. The Hall–Kier alpha value is -1.00. The molecule has 0 radical (unpaired) electrons. The highest BCUT2D eigenvalue weighted by Gasteiger charge is 2.22. The summed E-state index contributed by atoms with van der Waals surface area (Å²) in [6.07, 6.45) is 0.431. The van der Waals surface area contributed by atoms with Crippen LogP contribution in [0.2, 0.25) is 0 Å². The van der Waals surface area contributed by atoms with Gasteiger partial charge in [-0.1, -0.05) is 43.7 Å². The number of rotatable bonds is 5. The van der Waals surface area contributed by atoms with Crippen LogP contribution in [0, 0.1) is 6.92 Å². The highest BCUT2D eigenvalue weighted by Crippen LogP contribution is 2.31. The van der Waals surface area contributed by atoms with Crippen LogP contribution in [0.3, 0.4) is 0 Å². The molecule has 1 aromatic rings. The standard InChI is InChI=1S/C13H20N2OS/c1-10-4-6-11(7-5-10)9-17-13(2,3)8-12(16)15-14/h4-7H,8-9,14H2,1-3H3,(H,15,16). The number of aryl methyl sites for hydroxylation is 1. The van der Waals surface area contributed by atoms with Crippen molar-refractivity contribution in [3.05, 3.63) is 35.4 Å². The number of hydrazine groups is 1. The number of nitrogens with one attached hydrogen (secondary N) is 1. The van der Waals surface area contributed by atoms with Crippen LogP contribution in [0.1, 0.15) is 31.4 Å². The van der Waals surface area contributed by atoms with E-state index in [1.54, 1.807) is 11.8 Å². The Labute approximate surface area is 107 Å². The maximum Gasteiger partial charge on any atom is 0.235 e. The van der Waals surface area contributed by atoms with Crippen LogP contribution in [0.15, 0.2) is 24.3 Å². The first-order valence-electron chi connectivity index (χ1n) is 5.62. The second-order valence-electron chi connectivity index (χ2n) is 4.78. The molecule has 0 heterocycles. The lowest BCUT2D eigenvalue weighted by Crippen LogP contribution is -2.35. The lowest BCUT2D eigenvalue weighted by atomic mass is 10.1. The van der Waals surface area contributed by atoms with Gasteiger partial charge in [0.15, 0.2) is 0 Å². The third-order valence-corrected chi connectivity index (χ3v) is 3.90. The van der Waals surface area contributed by atoms with Crippen molar-refractivity contribution >= 4 is 17.7 Å². The van der Waals surface area contributed by atoms with Gasteiger partial charge in [0.1, 0.15) is 0 Å². The van der Waals surface area contributed by atoms with E-state index in [-0.39, 0.29) is 10.7 Å². The predicted molar refractivity (Wildman–Crippen MR) is 73.5 cm³/mol. The molecule has 0 atom stereocenters. The molecule has 1 amide bonds. The van der Waals surface area contributed by atoms with Crippen molar-refractivity contribution in [2.75, 3.05) is 0 Å². The first-order valence-corrected chi connectivity index (χ1v) is 6.60. The van der Waals surface area contributed by atoms with E-state index in [0.29, 0.717) is 6.42 Å². The van der Waals surface area contributed by atoms with E-state index in [9.17, 15) is 4.79 Å². The van der Waals surface area contributed by atoms with Crippen molar-refractivity contribution in [1.82, 2.24) is 5.43 Å². The van der Waals surface area contributed by atoms with Crippen LogP contribution in [0.5, 0.6) is 0 Å². The van der Waals surface area contributed by atoms with Crippen LogP contribution in [-0.4, -0.2) is 10.7 Å². The van der Waals surface area contributed by atoms with Crippen LogP contribution in [0.25, 0.3) is 0 Å². The van der Waals surface area contributed by atoms with Crippen molar-refractivity contribution in [3.63, 3.8) is 0 Å². The number of hydrogen-bond acceptors (Lipinski definition) is 3. The van der Waals surface area contributed by atoms with Gasteiger partial charge < -0.3 is 0 Å².